The van der Waals surface area contributed by atoms with Crippen molar-refractivity contribution < 1.29 is 0 Å². The predicted molar refractivity (Wildman–Crippen MR) is 76.6 cm³/mol. The van der Waals surface area contributed by atoms with Crippen molar-refractivity contribution in [1.29, 1.82) is 0 Å². The maximum absolute atomic E-state index is 4.62. The van der Waals surface area contributed by atoms with Gasteiger partial charge in [-0.05, 0) is 19.4 Å². The lowest BCUT2D eigenvalue weighted by atomic mass is 10.1. The molecule has 2 aromatic heterocycles. The number of anilines is 1. The third-order valence-corrected chi connectivity index (χ3v) is 3.46. The Morgan fingerprint density at radius 3 is 2.80 bits per heavy atom. The van der Waals surface area contributed by atoms with Crippen LogP contribution in [0.2, 0.25) is 0 Å². The maximum Gasteiger partial charge on any atom is 0.245 e. The molecule has 0 aromatic carbocycles. The fraction of sp³-hybridized carbons (Fsp3) is 0.538. The van der Waals surface area contributed by atoms with E-state index in [0.29, 0.717) is 0 Å². The molecule has 106 valence electrons. The minimum Gasteiger partial charge on any atom is -0.337 e. The van der Waals surface area contributed by atoms with Crippen molar-refractivity contribution in [3.63, 3.8) is 0 Å². The Labute approximate surface area is 117 Å². The van der Waals surface area contributed by atoms with Gasteiger partial charge in [0.1, 0.15) is 0 Å². The average molecular weight is 273 g/mol. The average Bonchev–Trinajstić information content (AvgIpc) is 2.98. The summed E-state index contributed by atoms with van der Waals surface area (Å²) in [6, 6.07) is 2.01. The van der Waals surface area contributed by atoms with Gasteiger partial charge in [0.05, 0.1) is 11.4 Å². The number of nitrogens with one attached hydrogen (secondary N) is 2. The standard InChI is InChI=1S/C13H19N7/c1-3-11-10(8-9(2)16-17-11)12-15-13(19-18-12)20-6-4-14-5-7-20/h8,14H,3-7H2,1-2H3,(H,15,18,19). The van der Waals surface area contributed by atoms with Crippen LogP contribution in [0.3, 0.4) is 0 Å². The summed E-state index contributed by atoms with van der Waals surface area (Å²) in [5.74, 6) is 1.53. The molecule has 7 heteroatoms. The number of hydrogen-bond acceptors (Lipinski definition) is 6. The van der Waals surface area contributed by atoms with Crippen molar-refractivity contribution in [3.05, 3.63) is 17.5 Å². The van der Waals surface area contributed by atoms with Gasteiger partial charge in [-0.25, -0.2) is 0 Å². The minimum atomic E-state index is 0.762. The van der Waals surface area contributed by atoms with E-state index in [1.165, 1.54) is 0 Å². The monoisotopic (exact) mass is 273 g/mol. The molecule has 2 aromatic rings. The highest BCUT2D eigenvalue weighted by Crippen LogP contribution is 2.21. The van der Waals surface area contributed by atoms with E-state index < -0.39 is 0 Å². The van der Waals surface area contributed by atoms with E-state index >= 15 is 0 Å². The van der Waals surface area contributed by atoms with Crippen molar-refractivity contribution in [2.24, 2.45) is 0 Å². The summed E-state index contributed by atoms with van der Waals surface area (Å²) in [4.78, 5) is 6.80. The second-order valence-electron chi connectivity index (χ2n) is 4.92. The first-order chi connectivity index (χ1) is 9.78. The van der Waals surface area contributed by atoms with Crippen molar-refractivity contribution in [2.75, 3.05) is 31.1 Å². The summed E-state index contributed by atoms with van der Waals surface area (Å²) in [5.41, 5.74) is 2.82. The van der Waals surface area contributed by atoms with Crippen molar-refractivity contribution in [1.82, 2.24) is 30.7 Å². The molecule has 1 aliphatic rings. The Kier molecular flexibility index (Phi) is 3.60. The Balaban J connectivity index is 1.91. The zero-order valence-corrected chi connectivity index (χ0v) is 11.8. The van der Waals surface area contributed by atoms with Gasteiger partial charge in [0.25, 0.3) is 0 Å². The summed E-state index contributed by atoms with van der Waals surface area (Å²) < 4.78 is 0. The van der Waals surface area contributed by atoms with Gasteiger partial charge in [-0.15, -0.1) is 5.10 Å². The van der Waals surface area contributed by atoms with E-state index in [4.69, 9.17) is 0 Å². The summed E-state index contributed by atoms with van der Waals surface area (Å²) in [7, 11) is 0. The third-order valence-electron chi connectivity index (χ3n) is 3.46. The van der Waals surface area contributed by atoms with Gasteiger partial charge in [0.2, 0.25) is 5.95 Å². The number of aromatic nitrogens is 5. The van der Waals surface area contributed by atoms with Crippen molar-refractivity contribution in [3.8, 4) is 11.4 Å². The first-order valence-electron chi connectivity index (χ1n) is 6.99. The molecule has 0 bridgehead atoms. The van der Waals surface area contributed by atoms with Gasteiger partial charge in [0.15, 0.2) is 5.82 Å². The molecule has 0 aliphatic carbocycles. The van der Waals surface area contributed by atoms with Crippen LogP contribution < -0.4 is 10.2 Å². The van der Waals surface area contributed by atoms with Crippen LogP contribution in [0.5, 0.6) is 0 Å². The first kappa shape index (κ1) is 13.0. The van der Waals surface area contributed by atoms with E-state index in [2.05, 4.69) is 42.5 Å². The minimum absolute atomic E-state index is 0.762. The van der Waals surface area contributed by atoms with Gasteiger partial charge >= 0.3 is 0 Å². The Bertz CT molecular complexity index is 586. The van der Waals surface area contributed by atoms with Crippen LogP contribution in [0.1, 0.15) is 18.3 Å². The molecule has 20 heavy (non-hydrogen) atoms. The number of hydrogen-bond donors (Lipinski definition) is 2. The fourth-order valence-corrected chi connectivity index (χ4v) is 2.36. The predicted octanol–water partition coefficient (Wildman–Crippen LogP) is 0.542. The van der Waals surface area contributed by atoms with Crippen molar-refractivity contribution >= 4 is 5.95 Å². The Morgan fingerprint density at radius 2 is 2.05 bits per heavy atom. The molecule has 2 N–H and O–H groups in total. The van der Waals surface area contributed by atoms with Crippen LogP contribution in [-0.2, 0) is 6.42 Å². The third kappa shape index (κ3) is 2.49. The summed E-state index contributed by atoms with van der Waals surface area (Å²) >= 11 is 0. The molecule has 0 amide bonds. The van der Waals surface area contributed by atoms with Crippen LogP contribution in [0.4, 0.5) is 5.95 Å². The lowest BCUT2D eigenvalue weighted by molar-refractivity contribution is 0.580. The first-order valence-corrected chi connectivity index (χ1v) is 6.99. The Hall–Kier alpha value is -2.02. The molecular weight excluding hydrogens is 254 g/mol. The van der Waals surface area contributed by atoms with E-state index in [-0.39, 0.29) is 0 Å². The molecule has 1 saturated heterocycles. The molecule has 0 saturated carbocycles. The highest BCUT2D eigenvalue weighted by molar-refractivity contribution is 5.59. The van der Waals surface area contributed by atoms with E-state index in [9.17, 15) is 0 Å². The zero-order valence-electron chi connectivity index (χ0n) is 11.8. The molecule has 0 unspecified atom stereocenters. The SMILES string of the molecule is CCc1nnc(C)cc1-c1nc(N2CCNCC2)n[nH]1. The van der Waals surface area contributed by atoms with E-state index in [1.54, 1.807) is 0 Å². The molecule has 3 heterocycles. The lowest BCUT2D eigenvalue weighted by Crippen LogP contribution is -2.44. The van der Waals surface area contributed by atoms with Gasteiger partial charge < -0.3 is 10.2 Å². The molecule has 1 fully saturated rings. The quantitative estimate of drug-likeness (QED) is 0.849. The maximum atomic E-state index is 4.62. The molecule has 0 spiro atoms. The summed E-state index contributed by atoms with van der Waals surface area (Å²) in [5, 5.41) is 19.0. The van der Waals surface area contributed by atoms with Gasteiger partial charge in [0, 0.05) is 31.7 Å². The smallest absolute Gasteiger partial charge is 0.245 e. The number of H-pyrrole nitrogens is 1. The van der Waals surface area contributed by atoms with Crippen LogP contribution in [0, 0.1) is 6.92 Å². The van der Waals surface area contributed by atoms with Gasteiger partial charge in [-0.1, -0.05) is 6.92 Å². The number of nitrogens with zero attached hydrogens (tertiary/aromatic N) is 5. The normalized spacial score (nSPS) is 15.6. The molecule has 7 nitrogen and oxygen atoms in total. The van der Waals surface area contributed by atoms with Crippen LogP contribution in [-0.4, -0.2) is 51.6 Å². The fourth-order valence-electron chi connectivity index (χ4n) is 2.36. The molecule has 3 rings (SSSR count). The summed E-state index contributed by atoms with van der Waals surface area (Å²) in [6.07, 6.45) is 0.826. The number of piperazine rings is 1. The number of aryl methyl sites for hydroxylation is 2. The summed E-state index contributed by atoms with van der Waals surface area (Å²) in [6.45, 7) is 7.82. The Morgan fingerprint density at radius 1 is 1.25 bits per heavy atom. The lowest BCUT2D eigenvalue weighted by Gasteiger charge is -2.25. The van der Waals surface area contributed by atoms with Crippen molar-refractivity contribution in [2.45, 2.75) is 20.3 Å². The number of rotatable bonds is 3. The number of aromatic amines is 1. The van der Waals surface area contributed by atoms with Gasteiger partial charge in [-0.3, -0.25) is 5.10 Å². The van der Waals surface area contributed by atoms with E-state index in [1.807, 2.05) is 13.0 Å². The zero-order chi connectivity index (χ0) is 13.9. The molecule has 1 aliphatic heterocycles. The van der Waals surface area contributed by atoms with Crippen LogP contribution >= 0.6 is 0 Å². The molecule has 0 radical (unpaired) electrons. The van der Waals surface area contributed by atoms with E-state index in [0.717, 1.165) is 61.3 Å². The second-order valence-corrected chi connectivity index (χ2v) is 4.92. The topological polar surface area (TPSA) is 82.6 Å². The molecular formula is C13H19N7. The second kappa shape index (κ2) is 5.54. The largest absolute Gasteiger partial charge is 0.337 e. The highest BCUT2D eigenvalue weighted by Gasteiger charge is 2.17. The van der Waals surface area contributed by atoms with Gasteiger partial charge in [-0.2, -0.15) is 15.2 Å². The highest BCUT2D eigenvalue weighted by atomic mass is 15.4. The van der Waals surface area contributed by atoms with Crippen LogP contribution in [0.15, 0.2) is 6.07 Å². The van der Waals surface area contributed by atoms with Crippen LogP contribution in [0.25, 0.3) is 11.4 Å². The molecule has 0 atom stereocenters.